The quantitative estimate of drug-likeness (QED) is 0.736. The number of phenolic OH excluding ortho intramolecular Hbond substituents is 1. The molecule has 0 radical (unpaired) electrons. The van der Waals surface area contributed by atoms with Gasteiger partial charge in [0.2, 0.25) is 5.91 Å². The number of carbonyl (C=O) groups is 2. The highest BCUT2D eigenvalue weighted by Crippen LogP contribution is 2.24. The first-order chi connectivity index (χ1) is 10.5. The Morgan fingerprint density at radius 1 is 1.14 bits per heavy atom. The summed E-state index contributed by atoms with van der Waals surface area (Å²) in [5.74, 6) is -1.05. The highest BCUT2D eigenvalue weighted by molar-refractivity contribution is 5.95. The van der Waals surface area contributed by atoms with E-state index in [1.807, 2.05) is 0 Å². The lowest BCUT2D eigenvalue weighted by Gasteiger charge is -2.08. The molecule has 0 heterocycles. The van der Waals surface area contributed by atoms with Crippen LogP contribution in [0.3, 0.4) is 0 Å². The van der Waals surface area contributed by atoms with E-state index in [1.54, 1.807) is 31.4 Å². The van der Waals surface area contributed by atoms with Crippen LogP contribution in [0.5, 0.6) is 11.5 Å². The molecule has 1 amide bonds. The SMILES string of the molecule is COc1ccc(CC(=O)Nc2ccc(C(=O)O)cc2O)cc1. The van der Waals surface area contributed by atoms with Crippen LogP contribution in [0.25, 0.3) is 0 Å². The molecule has 0 saturated heterocycles. The average molecular weight is 301 g/mol. The van der Waals surface area contributed by atoms with Gasteiger partial charge < -0.3 is 20.3 Å². The maximum atomic E-state index is 11.9. The van der Waals surface area contributed by atoms with Crippen molar-refractivity contribution in [2.24, 2.45) is 0 Å². The molecular formula is C16H15NO5. The zero-order valence-electron chi connectivity index (χ0n) is 11.9. The summed E-state index contributed by atoms with van der Waals surface area (Å²) in [6.45, 7) is 0. The van der Waals surface area contributed by atoms with Crippen molar-refractivity contribution in [3.05, 3.63) is 53.6 Å². The van der Waals surface area contributed by atoms with Crippen LogP contribution in [-0.4, -0.2) is 29.2 Å². The number of methoxy groups -OCH3 is 1. The van der Waals surface area contributed by atoms with Gasteiger partial charge >= 0.3 is 5.97 Å². The molecule has 0 aliphatic rings. The number of amides is 1. The van der Waals surface area contributed by atoms with Crippen molar-refractivity contribution in [1.29, 1.82) is 0 Å². The Kier molecular flexibility index (Phi) is 4.63. The lowest BCUT2D eigenvalue weighted by molar-refractivity contribution is -0.115. The maximum Gasteiger partial charge on any atom is 0.335 e. The highest BCUT2D eigenvalue weighted by atomic mass is 16.5. The normalized spacial score (nSPS) is 10.0. The van der Waals surface area contributed by atoms with Gasteiger partial charge in [-0.15, -0.1) is 0 Å². The van der Waals surface area contributed by atoms with Gasteiger partial charge in [-0.1, -0.05) is 12.1 Å². The fraction of sp³-hybridized carbons (Fsp3) is 0.125. The van der Waals surface area contributed by atoms with E-state index < -0.39 is 5.97 Å². The first-order valence-corrected chi connectivity index (χ1v) is 6.48. The number of hydrogen-bond acceptors (Lipinski definition) is 4. The largest absolute Gasteiger partial charge is 0.506 e. The molecule has 2 aromatic rings. The standard InChI is InChI=1S/C16H15NO5/c1-22-12-5-2-10(3-6-12)8-15(19)17-13-7-4-11(16(20)21)9-14(13)18/h2-7,9,18H,8H2,1H3,(H,17,19)(H,20,21). The number of rotatable bonds is 5. The third kappa shape index (κ3) is 3.76. The van der Waals surface area contributed by atoms with Crippen LogP contribution in [0.4, 0.5) is 5.69 Å². The molecule has 22 heavy (non-hydrogen) atoms. The number of aromatic carboxylic acids is 1. The molecule has 2 aromatic carbocycles. The number of ether oxygens (including phenoxy) is 1. The van der Waals surface area contributed by atoms with Crippen LogP contribution < -0.4 is 10.1 Å². The Morgan fingerprint density at radius 3 is 2.36 bits per heavy atom. The lowest BCUT2D eigenvalue weighted by Crippen LogP contribution is -2.14. The number of benzene rings is 2. The van der Waals surface area contributed by atoms with Gasteiger partial charge in [0.05, 0.1) is 24.8 Å². The van der Waals surface area contributed by atoms with Crippen LogP contribution in [0, 0.1) is 0 Å². The number of phenols is 1. The first kappa shape index (κ1) is 15.4. The zero-order chi connectivity index (χ0) is 16.1. The first-order valence-electron chi connectivity index (χ1n) is 6.48. The molecule has 114 valence electrons. The number of carbonyl (C=O) groups excluding carboxylic acids is 1. The summed E-state index contributed by atoms with van der Waals surface area (Å²) >= 11 is 0. The van der Waals surface area contributed by atoms with E-state index in [9.17, 15) is 14.7 Å². The van der Waals surface area contributed by atoms with E-state index >= 15 is 0 Å². The number of carboxylic acid groups (broad SMARTS) is 1. The molecule has 0 aromatic heterocycles. The van der Waals surface area contributed by atoms with E-state index in [-0.39, 0.29) is 29.3 Å². The molecular weight excluding hydrogens is 286 g/mol. The van der Waals surface area contributed by atoms with Crippen molar-refractivity contribution >= 4 is 17.6 Å². The highest BCUT2D eigenvalue weighted by Gasteiger charge is 2.10. The number of carboxylic acids is 1. The van der Waals surface area contributed by atoms with E-state index in [1.165, 1.54) is 12.1 Å². The monoisotopic (exact) mass is 301 g/mol. The Labute approximate surface area is 127 Å². The summed E-state index contributed by atoms with van der Waals surface area (Å²) in [5.41, 5.74) is 0.911. The second-order valence-electron chi connectivity index (χ2n) is 4.61. The Hall–Kier alpha value is -3.02. The lowest BCUT2D eigenvalue weighted by atomic mass is 10.1. The topological polar surface area (TPSA) is 95.9 Å². The zero-order valence-corrected chi connectivity index (χ0v) is 11.9. The number of anilines is 1. The Bertz CT molecular complexity index is 694. The van der Waals surface area contributed by atoms with Gasteiger partial charge in [-0.3, -0.25) is 4.79 Å². The summed E-state index contributed by atoms with van der Waals surface area (Å²) in [4.78, 5) is 22.7. The number of nitrogens with one attached hydrogen (secondary N) is 1. The van der Waals surface area contributed by atoms with Crippen molar-refractivity contribution in [2.75, 3.05) is 12.4 Å². The molecule has 3 N–H and O–H groups in total. The molecule has 0 bridgehead atoms. The summed E-state index contributed by atoms with van der Waals surface area (Å²) in [5, 5.41) is 21.1. The van der Waals surface area contributed by atoms with Gasteiger partial charge in [-0.2, -0.15) is 0 Å². The maximum absolute atomic E-state index is 11.9. The van der Waals surface area contributed by atoms with Gasteiger partial charge in [0.15, 0.2) is 0 Å². The molecule has 6 heteroatoms. The van der Waals surface area contributed by atoms with Gasteiger partial charge in [0, 0.05) is 0 Å². The molecule has 2 rings (SSSR count). The summed E-state index contributed by atoms with van der Waals surface area (Å²) in [6.07, 6.45) is 0.129. The van der Waals surface area contributed by atoms with Crippen LogP contribution in [0.1, 0.15) is 15.9 Å². The van der Waals surface area contributed by atoms with Crippen LogP contribution in [0.2, 0.25) is 0 Å². The van der Waals surface area contributed by atoms with E-state index in [2.05, 4.69) is 5.32 Å². The summed E-state index contributed by atoms with van der Waals surface area (Å²) in [6, 6.07) is 10.8. The van der Waals surface area contributed by atoms with Crippen molar-refractivity contribution < 1.29 is 24.5 Å². The minimum atomic E-state index is -1.15. The molecule has 0 aliphatic carbocycles. The Morgan fingerprint density at radius 2 is 1.82 bits per heavy atom. The fourth-order valence-electron chi connectivity index (χ4n) is 1.89. The van der Waals surface area contributed by atoms with Crippen molar-refractivity contribution in [1.82, 2.24) is 0 Å². The van der Waals surface area contributed by atoms with Crippen LogP contribution in [-0.2, 0) is 11.2 Å². The number of hydrogen-bond donors (Lipinski definition) is 3. The average Bonchev–Trinajstić information content (AvgIpc) is 2.50. The summed E-state index contributed by atoms with van der Waals surface area (Å²) in [7, 11) is 1.56. The fourth-order valence-corrected chi connectivity index (χ4v) is 1.89. The molecule has 0 fully saturated rings. The van der Waals surface area contributed by atoms with Gasteiger partial charge in [-0.05, 0) is 35.9 Å². The molecule has 0 atom stereocenters. The van der Waals surface area contributed by atoms with Gasteiger partial charge in [0.1, 0.15) is 11.5 Å². The van der Waals surface area contributed by atoms with Crippen molar-refractivity contribution in [2.45, 2.75) is 6.42 Å². The third-order valence-corrected chi connectivity index (χ3v) is 3.04. The minimum Gasteiger partial charge on any atom is -0.506 e. The molecule has 0 spiro atoms. The minimum absolute atomic E-state index is 0.0503. The molecule has 6 nitrogen and oxygen atoms in total. The second-order valence-corrected chi connectivity index (χ2v) is 4.61. The van der Waals surface area contributed by atoms with E-state index in [0.29, 0.717) is 5.75 Å². The molecule has 0 unspecified atom stereocenters. The predicted octanol–water partition coefficient (Wildman–Crippen LogP) is 2.28. The number of aromatic hydroxyl groups is 1. The van der Waals surface area contributed by atoms with Gasteiger partial charge in [0.25, 0.3) is 0 Å². The van der Waals surface area contributed by atoms with E-state index in [4.69, 9.17) is 9.84 Å². The van der Waals surface area contributed by atoms with Gasteiger partial charge in [-0.25, -0.2) is 4.79 Å². The van der Waals surface area contributed by atoms with Crippen LogP contribution >= 0.6 is 0 Å². The predicted molar refractivity (Wildman–Crippen MR) is 80.4 cm³/mol. The van der Waals surface area contributed by atoms with Crippen LogP contribution in [0.15, 0.2) is 42.5 Å². The Balaban J connectivity index is 2.03. The molecule has 0 saturated carbocycles. The van der Waals surface area contributed by atoms with E-state index in [0.717, 1.165) is 11.6 Å². The smallest absolute Gasteiger partial charge is 0.335 e. The van der Waals surface area contributed by atoms with Crippen molar-refractivity contribution in [3.63, 3.8) is 0 Å². The molecule has 0 aliphatic heterocycles. The summed E-state index contributed by atoms with van der Waals surface area (Å²) < 4.78 is 5.03. The third-order valence-electron chi connectivity index (χ3n) is 3.04. The second kappa shape index (κ2) is 6.62. The van der Waals surface area contributed by atoms with Crippen molar-refractivity contribution in [3.8, 4) is 11.5 Å².